The second-order valence-corrected chi connectivity index (χ2v) is 25.0. The summed E-state index contributed by atoms with van der Waals surface area (Å²) in [5.41, 5.74) is 1.14. The third-order valence-electron chi connectivity index (χ3n) is 18.4. The highest BCUT2D eigenvalue weighted by molar-refractivity contribution is 5.67. The first-order valence-corrected chi connectivity index (χ1v) is 34.0. The van der Waals surface area contributed by atoms with E-state index < -0.39 is 23.9 Å². The molecule has 0 unspecified atom stereocenters. The van der Waals surface area contributed by atoms with Crippen molar-refractivity contribution in [1.82, 2.24) is 0 Å². The molecular formula is C68H128O8. The quantitative estimate of drug-likeness (QED) is 0.0440. The summed E-state index contributed by atoms with van der Waals surface area (Å²) in [7, 11) is 0. The van der Waals surface area contributed by atoms with Crippen LogP contribution < -0.4 is 0 Å². The van der Waals surface area contributed by atoms with E-state index in [1.54, 1.807) is 0 Å². The minimum absolute atomic E-state index is 0.322. The van der Waals surface area contributed by atoms with Crippen molar-refractivity contribution in [2.24, 2.45) is 10.8 Å². The molecule has 1 aliphatic rings. The molecule has 0 heterocycles. The van der Waals surface area contributed by atoms with Gasteiger partial charge < -0.3 is 20.4 Å². The fourth-order valence-electron chi connectivity index (χ4n) is 13.4. The number of aliphatic carboxylic acids is 4. The zero-order valence-corrected chi connectivity index (χ0v) is 50.3. The summed E-state index contributed by atoms with van der Waals surface area (Å²) in [5.74, 6) is -2.64. The van der Waals surface area contributed by atoms with Crippen LogP contribution in [0.2, 0.25) is 0 Å². The van der Waals surface area contributed by atoms with Crippen molar-refractivity contribution in [3.8, 4) is 0 Å². The molecule has 0 aromatic heterocycles. The third kappa shape index (κ3) is 44.7. The Morgan fingerprint density at radius 2 is 0.289 bits per heavy atom. The maximum atomic E-state index is 10.8. The van der Waals surface area contributed by atoms with E-state index in [1.807, 2.05) is 0 Å². The number of hydrogen-bond donors (Lipinski definition) is 4. The average molecular weight is 1070 g/mol. The summed E-state index contributed by atoms with van der Waals surface area (Å²) < 4.78 is 0. The van der Waals surface area contributed by atoms with Gasteiger partial charge in [-0.05, 0) is 75.0 Å². The Hall–Kier alpha value is -2.12. The molecule has 0 radical (unpaired) electrons. The van der Waals surface area contributed by atoms with Crippen LogP contribution in [0.4, 0.5) is 0 Å². The van der Waals surface area contributed by atoms with Crippen LogP contribution in [-0.2, 0) is 19.2 Å². The highest BCUT2D eigenvalue weighted by Crippen LogP contribution is 2.67. The molecule has 448 valence electrons. The van der Waals surface area contributed by atoms with Gasteiger partial charge in [-0.3, -0.25) is 19.2 Å². The molecule has 1 aliphatic carbocycles. The van der Waals surface area contributed by atoms with Crippen LogP contribution in [0.1, 0.15) is 398 Å². The Labute approximate surface area is 470 Å². The molecule has 1 rings (SSSR count). The molecule has 4 N–H and O–H groups in total. The van der Waals surface area contributed by atoms with Gasteiger partial charge in [0.05, 0.1) is 0 Å². The number of unbranched alkanes of at least 4 members (excludes halogenated alkanes) is 48. The van der Waals surface area contributed by atoms with Crippen molar-refractivity contribution in [3.05, 3.63) is 0 Å². The van der Waals surface area contributed by atoms with Crippen LogP contribution in [0.15, 0.2) is 0 Å². The first kappa shape index (κ1) is 71.9. The van der Waals surface area contributed by atoms with Crippen LogP contribution >= 0.6 is 0 Å². The molecule has 0 aromatic carbocycles. The number of rotatable bonds is 64. The van der Waals surface area contributed by atoms with Crippen LogP contribution in [0.3, 0.4) is 0 Å². The van der Waals surface area contributed by atoms with E-state index in [0.29, 0.717) is 36.5 Å². The average Bonchev–Trinajstić information content (AvgIpc) is 3.38. The Morgan fingerprint density at radius 1 is 0.184 bits per heavy atom. The van der Waals surface area contributed by atoms with E-state index in [2.05, 4.69) is 0 Å². The van der Waals surface area contributed by atoms with Crippen molar-refractivity contribution < 1.29 is 39.6 Å². The second-order valence-electron chi connectivity index (χ2n) is 25.0. The molecule has 0 atom stereocenters. The van der Waals surface area contributed by atoms with Gasteiger partial charge >= 0.3 is 23.9 Å². The van der Waals surface area contributed by atoms with Gasteiger partial charge in [-0.2, -0.15) is 0 Å². The van der Waals surface area contributed by atoms with Gasteiger partial charge in [0.25, 0.3) is 0 Å². The summed E-state index contributed by atoms with van der Waals surface area (Å²) in [5, 5.41) is 35.4. The Kier molecular flexibility index (Phi) is 50.6. The largest absolute Gasteiger partial charge is 0.481 e. The van der Waals surface area contributed by atoms with Gasteiger partial charge in [-0.1, -0.05) is 308 Å². The molecule has 1 fully saturated rings. The smallest absolute Gasteiger partial charge is 0.303 e. The number of carbonyl (C=O) groups is 4. The number of carboxylic acids is 4. The van der Waals surface area contributed by atoms with Gasteiger partial charge in [0.15, 0.2) is 0 Å². The van der Waals surface area contributed by atoms with E-state index in [9.17, 15) is 19.2 Å². The molecule has 0 bridgehead atoms. The Morgan fingerprint density at radius 3 is 0.395 bits per heavy atom. The molecule has 0 spiro atoms. The molecule has 0 saturated heterocycles. The zero-order chi connectivity index (χ0) is 55.2. The van der Waals surface area contributed by atoms with Crippen LogP contribution in [-0.4, -0.2) is 44.3 Å². The summed E-state index contributed by atoms with van der Waals surface area (Å²) in [4.78, 5) is 43.0. The van der Waals surface area contributed by atoms with Gasteiger partial charge in [-0.25, -0.2) is 0 Å². The minimum Gasteiger partial charge on any atom is -0.481 e. The summed E-state index contributed by atoms with van der Waals surface area (Å²) in [6, 6.07) is 0. The molecule has 76 heavy (non-hydrogen) atoms. The first-order valence-electron chi connectivity index (χ1n) is 34.0. The van der Waals surface area contributed by atoms with E-state index in [-0.39, 0.29) is 0 Å². The predicted octanol–water partition coefficient (Wildman–Crippen LogP) is 22.5. The van der Waals surface area contributed by atoms with Crippen molar-refractivity contribution in [2.45, 2.75) is 398 Å². The summed E-state index contributed by atoms with van der Waals surface area (Å²) in [6.07, 6.45) is 77.2. The van der Waals surface area contributed by atoms with Crippen LogP contribution in [0, 0.1) is 10.8 Å². The third-order valence-corrected chi connectivity index (χ3v) is 18.4. The topological polar surface area (TPSA) is 149 Å². The summed E-state index contributed by atoms with van der Waals surface area (Å²) in [6.45, 7) is 0. The molecule has 0 amide bonds. The van der Waals surface area contributed by atoms with Gasteiger partial charge in [0.1, 0.15) is 0 Å². The van der Waals surface area contributed by atoms with Crippen molar-refractivity contribution in [3.63, 3.8) is 0 Å². The lowest BCUT2D eigenvalue weighted by atomic mass is 9.43. The van der Waals surface area contributed by atoms with Crippen molar-refractivity contribution in [1.29, 1.82) is 0 Å². The normalized spacial score (nSPS) is 13.8. The predicted molar refractivity (Wildman–Crippen MR) is 322 cm³/mol. The van der Waals surface area contributed by atoms with Crippen molar-refractivity contribution >= 4 is 23.9 Å². The van der Waals surface area contributed by atoms with Gasteiger partial charge in [0.2, 0.25) is 0 Å². The van der Waals surface area contributed by atoms with E-state index >= 15 is 0 Å². The molecular weight excluding hydrogens is 945 g/mol. The maximum absolute atomic E-state index is 10.8. The highest BCUT2D eigenvalue weighted by atomic mass is 16.4. The lowest BCUT2D eigenvalue weighted by molar-refractivity contribution is -0.138. The van der Waals surface area contributed by atoms with E-state index in [1.165, 1.54) is 321 Å². The lowest BCUT2D eigenvalue weighted by Crippen LogP contribution is -2.51. The van der Waals surface area contributed by atoms with Crippen molar-refractivity contribution in [2.75, 3.05) is 0 Å². The molecule has 8 heteroatoms. The fraction of sp³-hybridized carbons (Fsp3) is 0.941. The molecule has 8 nitrogen and oxygen atoms in total. The maximum Gasteiger partial charge on any atom is 0.303 e. The Balaban J connectivity index is 2.69. The first-order chi connectivity index (χ1) is 37.1. The standard InChI is InChI=1S/C68H128O8/c69-63(70)53-45-37-29-21-13-5-1-9-17-25-33-41-49-57-67(58-50-42-34-26-18-10-2-6-14-22-30-38-46-54-64(71)72)61-62-68(67,59-51-43-35-27-19-11-3-7-15-23-31-39-47-55-65(73)74)60-52-44-36-28-20-12-4-8-16-24-32-40-48-56-66(75)76/h1-62H2,(H,69,70)(H,71,72)(H,73,74)(H,75,76). The SMILES string of the molecule is O=C(O)CCCCCCCCCCCCCCCC1(CCCCCCCCCCCCCCCC(=O)O)CCC1(CCCCCCCCCCCCCCCC(=O)O)CCCCCCCCCCCCCCCC(=O)O. The van der Waals surface area contributed by atoms with E-state index in [0.717, 1.165) is 51.4 Å². The minimum atomic E-state index is -0.661. The van der Waals surface area contributed by atoms with Gasteiger partial charge in [-0.15, -0.1) is 0 Å². The monoisotopic (exact) mass is 1070 g/mol. The molecule has 0 aromatic rings. The number of carboxylic acid groups (broad SMARTS) is 4. The highest BCUT2D eigenvalue weighted by Gasteiger charge is 2.56. The Bertz CT molecular complexity index is 1130. The molecule has 0 aliphatic heterocycles. The zero-order valence-electron chi connectivity index (χ0n) is 50.3. The second kappa shape index (κ2) is 53.5. The number of hydrogen-bond acceptors (Lipinski definition) is 4. The van der Waals surface area contributed by atoms with Crippen LogP contribution in [0.5, 0.6) is 0 Å². The van der Waals surface area contributed by atoms with Crippen LogP contribution in [0.25, 0.3) is 0 Å². The summed E-state index contributed by atoms with van der Waals surface area (Å²) >= 11 is 0. The molecule has 1 saturated carbocycles. The van der Waals surface area contributed by atoms with Gasteiger partial charge in [0, 0.05) is 25.7 Å². The van der Waals surface area contributed by atoms with E-state index in [4.69, 9.17) is 20.4 Å². The fourth-order valence-corrected chi connectivity index (χ4v) is 13.4. The lowest BCUT2D eigenvalue weighted by Gasteiger charge is -2.62.